The second kappa shape index (κ2) is 8.42. The molecule has 0 spiro atoms. The van der Waals surface area contributed by atoms with Gasteiger partial charge in [-0.05, 0) is 32.4 Å². The smallest absolute Gasteiger partial charge is 0.188 e. The molecule has 130 valence electrons. The summed E-state index contributed by atoms with van der Waals surface area (Å²) >= 11 is 0. The molecule has 0 radical (unpaired) electrons. The van der Waals surface area contributed by atoms with E-state index in [9.17, 15) is 4.21 Å². The molecule has 1 N–H and O–H groups in total. The quantitative estimate of drug-likeness (QED) is 0.775. The Kier molecular flexibility index (Phi) is 6.54. The molecule has 2 rings (SSSR count). The van der Waals surface area contributed by atoms with Crippen LogP contribution in [-0.2, 0) is 15.7 Å². The first-order chi connectivity index (χ1) is 11.4. The predicted molar refractivity (Wildman–Crippen MR) is 98.3 cm³/mol. The van der Waals surface area contributed by atoms with Crippen molar-refractivity contribution in [1.82, 2.24) is 4.72 Å². The van der Waals surface area contributed by atoms with E-state index in [1.54, 1.807) is 7.11 Å². The molecule has 0 saturated carbocycles. The van der Waals surface area contributed by atoms with Gasteiger partial charge >= 0.3 is 0 Å². The van der Waals surface area contributed by atoms with Crippen molar-refractivity contribution < 1.29 is 13.7 Å². The first kappa shape index (κ1) is 18.6. The van der Waals surface area contributed by atoms with Crippen molar-refractivity contribution in [3.8, 4) is 5.75 Å². The van der Waals surface area contributed by atoms with Crippen LogP contribution in [0.5, 0.6) is 5.75 Å². The lowest BCUT2D eigenvalue weighted by atomic mass is 9.99. The van der Waals surface area contributed by atoms with E-state index in [4.69, 9.17) is 9.47 Å². The molecule has 0 bridgehead atoms. The maximum atomic E-state index is 12.7. The van der Waals surface area contributed by atoms with Crippen LogP contribution >= 0.6 is 0 Å². The van der Waals surface area contributed by atoms with Crippen molar-refractivity contribution in [2.24, 2.45) is 0 Å². The number of benzene rings is 2. The number of hydrogen-bond acceptors (Lipinski definition) is 3. The molecule has 2 aromatic rings. The van der Waals surface area contributed by atoms with Gasteiger partial charge in [-0.1, -0.05) is 48.5 Å². The van der Waals surface area contributed by atoms with Gasteiger partial charge in [-0.25, -0.2) is 8.93 Å². The molecule has 0 heterocycles. The lowest BCUT2D eigenvalue weighted by Crippen LogP contribution is -2.36. The van der Waals surface area contributed by atoms with Crippen molar-refractivity contribution >= 4 is 11.0 Å². The Labute approximate surface area is 146 Å². The van der Waals surface area contributed by atoms with E-state index in [2.05, 4.69) is 4.72 Å². The number of rotatable bonds is 7. The van der Waals surface area contributed by atoms with Gasteiger partial charge in [0.15, 0.2) is 6.79 Å². The molecular weight excluding hydrogens is 322 g/mol. The van der Waals surface area contributed by atoms with E-state index in [-0.39, 0.29) is 17.6 Å². The SMILES string of the molecule is COCOc1ccccc1C(NS(=O)C(C)(C)C)c1ccccc1. The molecule has 0 aliphatic heterocycles. The van der Waals surface area contributed by atoms with Crippen LogP contribution in [0.4, 0.5) is 0 Å². The van der Waals surface area contributed by atoms with E-state index in [1.807, 2.05) is 75.4 Å². The summed E-state index contributed by atoms with van der Waals surface area (Å²) in [5, 5.41) is 0. The van der Waals surface area contributed by atoms with Crippen molar-refractivity contribution in [2.75, 3.05) is 13.9 Å². The number of hydrogen-bond donors (Lipinski definition) is 1. The fourth-order valence-corrected chi connectivity index (χ4v) is 3.04. The normalized spacial score (nSPS) is 14.2. The molecule has 0 aliphatic rings. The van der Waals surface area contributed by atoms with Gasteiger partial charge < -0.3 is 9.47 Å². The highest BCUT2D eigenvalue weighted by atomic mass is 32.2. The summed E-state index contributed by atoms with van der Waals surface area (Å²) in [7, 11) is 0.368. The number of nitrogens with one attached hydrogen (secondary N) is 1. The van der Waals surface area contributed by atoms with Crippen molar-refractivity contribution in [1.29, 1.82) is 0 Å². The predicted octanol–water partition coefficient (Wildman–Crippen LogP) is 3.81. The first-order valence-corrected chi connectivity index (χ1v) is 9.02. The molecule has 2 aromatic carbocycles. The highest BCUT2D eigenvalue weighted by Crippen LogP contribution is 2.31. The number of ether oxygens (including phenoxy) is 2. The van der Waals surface area contributed by atoms with E-state index in [0.29, 0.717) is 5.75 Å². The number of methoxy groups -OCH3 is 1. The van der Waals surface area contributed by atoms with Crippen molar-refractivity contribution in [3.05, 3.63) is 65.7 Å². The molecule has 0 saturated heterocycles. The van der Waals surface area contributed by atoms with Gasteiger partial charge in [0.1, 0.15) is 5.75 Å². The maximum Gasteiger partial charge on any atom is 0.188 e. The summed E-state index contributed by atoms with van der Waals surface area (Å²) in [4.78, 5) is 0. The van der Waals surface area contributed by atoms with Crippen LogP contribution in [0.3, 0.4) is 0 Å². The van der Waals surface area contributed by atoms with Gasteiger partial charge in [0, 0.05) is 12.7 Å². The van der Waals surface area contributed by atoms with Gasteiger partial charge in [0.25, 0.3) is 0 Å². The van der Waals surface area contributed by atoms with Crippen LogP contribution in [0.2, 0.25) is 0 Å². The lowest BCUT2D eigenvalue weighted by molar-refractivity contribution is 0.0502. The zero-order valence-corrected chi connectivity index (χ0v) is 15.4. The maximum absolute atomic E-state index is 12.7. The summed E-state index contributed by atoms with van der Waals surface area (Å²) in [5.41, 5.74) is 1.96. The van der Waals surface area contributed by atoms with Gasteiger partial charge in [0.2, 0.25) is 0 Å². The Morgan fingerprint density at radius 1 is 1.04 bits per heavy atom. The molecule has 4 nitrogen and oxygen atoms in total. The summed E-state index contributed by atoms with van der Waals surface area (Å²) in [6.07, 6.45) is 0. The van der Waals surface area contributed by atoms with E-state index < -0.39 is 11.0 Å². The third kappa shape index (κ3) is 4.90. The topological polar surface area (TPSA) is 47.6 Å². The van der Waals surface area contributed by atoms with Crippen molar-refractivity contribution in [2.45, 2.75) is 31.6 Å². The van der Waals surface area contributed by atoms with Gasteiger partial charge in [-0.15, -0.1) is 0 Å². The van der Waals surface area contributed by atoms with Gasteiger partial charge in [0.05, 0.1) is 21.8 Å². The summed E-state index contributed by atoms with van der Waals surface area (Å²) in [6.45, 7) is 6.02. The summed E-state index contributed by atoms with van der Waals surface area (Å²) < 4.78 is 26.3. The van der Waals surface area contributed by atoms with Crippen molar-refractivity contribution in [3.63, 3.8) is 0 Å². The molecule has 0 amide bonds. The Hall–Kier alpha value is -1.69. The first-order valence-electron chi connectivity index (χ1n) is 7.87. The molecule has 5 heteroatoms. The van der Waals surface area contributed by atoms with E-state index in [1.165, 1.54) is 0 Å². The molecule has 0 fully saturated rings. The molecular formula is C19H25NO3S. The second-order valence-electron chi connectivity index (χ2n) is 6.43. The van der Waals surface area contributed by atoms with Crippen LogP contribution in [0, 0.1) is 0 Å². The fourth-order valence-electron chi connectivity index (χ4n) is 2.21. The standard InChI is InChI=1S/C19H25NO3S/c1-19(2,3)24(21)20-18(15-10-6-5-7-11-15)16-12-8-9-13-17(16)23-14-22-4/h5-13,18,20H,14H2,1-4H3. The van der Waals surface area contributed by atoms with E-state index >= 15 is 0 Å². The third-order valence-corrected chi connectivity index (χ3v) is 5.04. The monoisotopic (exact) mass is 347 g/mol. The van der Waals surface area contributed by atoms with E-state index in [0.717, 1.165) is 11.1 Å². The van der Waals surface area contributed by atoms with Crippen LogP contribution in [-0.4, -0.2) is 22.9 Å². The molecule has 2 atom stereocenters. The largest absolute Gasteiger partial charge is 0.467 e. The van der Waals surface area contributed by atoms with Gasteiger partial charge in [-0.3, -0.25) is 0 Å². The zero-order valence-electron chi connectivity index (χ0n) is 14.6. The van der Waals surface area contributed by atoms with Gasteiger partial charge in [-0.2, -0.15) is 0 Å². The van der Waals surface area contributed by atoms with Crippen LogP contribution < -0.4 is 9.46 Å². The summed E-state index contributed by atoms with van der Waals surface area (Å²) in [5.74, 6) is 0.714. The Morgan fingerprint density at radius 3 is 2.29 bits per heavy atom. The number of para-hydroxylation sites is 1. The van der Waals surface area contributed by atoms with Crippen LogP contribution in [0.1, 0.15) is 37.9 Å². The zero-order chi connectivity index (χ0) is 17.6. The fraction of sp³-hybridized carbons (Fsp3) is 0.368. The minimum absolute atomic E-state index is 0.168. The lowest BCUT2D eigenvalue weighted by Gasteiger charge is -2.26. The molecule has 0 aliphatic carbocycles. The average Bonchev–Trinajstić information content (AvgIpc) is 2.58. The highest BCUT2D eigenvalue weighted by Gasteiger charge is 2.26. The average molecular weight is 347 g/mol. The minimum Gasteiger partial charge on any atom is -0.467 e. The third-order valence-electron chi connectivity index (χ3n) is 3.48. The molecule has 24 heavy (non-hydrogen) atoms. The van der Waals surface area contributed by atoms with Crippen LogP contribution in [0.25, 0.3) is 0 Å². The highest BCUT2D eigenvalue weighted by molar-refractivity contribution is 7.84. The van der Waals surface area contributed by atoms with Crippen LogP contribution in [0.15, 0.2) is 54.6 Å². The minimum atomic E-state index is -1.22. The Morgan fingerprint density at radius 2 is 1.67 bits per heavy atom. The molecule has 2 unspecified atom stereocenters. The summed E-state index contributed by atoms with van der Waals surface area (Å²) in [6, 6.07) is 17.5. The Balaban J connectivity index is 2.42. The second-order valence-corrected chi connectivity index (χ2v) is 8.43. The Bertz CT molecular complexity index is 668. The molecule has 0 aromatic heterocycles.